The second kappa shape index (κ2) is 10.2. The minimum atomic E-state index is -4.15. The van der Waals surface area contributed by atoms with Crippen LogP contribution in [0, 0.1) is 6.92 Å². The summed E-state index contributed by atoms with van der Waals surface area (Å²) in [5, 5.41) is 11.0. The van der Waals surface area contributed by atoms with Gasteiger partial charge in [0.15, 0.2) is 11.5 Å². The van der Waals surface area contributed by atoms with Crippen LogP contribution in [0.5, 0.6) is 11.5 Å². The highest BCUT2D eigenvalue weighted by Crippen LogP contribution is 2.46. The standard InChI is InChI=1S/C27H29N3O6S/c1-4-35-24-11-19-20(12-23(24)34-3)26(17-13-28-15-29-14-17)30-21-9-10-22(31)27(25(19)21)36-37(32,33)18-7-5-16(2)6-8-18/h5-8,11-15,21-22,25,27,31H,4,9-10H2,1-3H3/t21-,22-,25-,27?/m1/s1. The zero-order chi connectivity index (χ0) is 26.2. The lowest BCUT2D eigenvalue weighted by atomic mass is 9.72. The molecule has 2 heterocycles. The van der Waals surface area contributed by atoms with Gasteiger partial charge in [0.1, 0.15) is 12.4 Å². The molecule has 0 spiro atoms. The number of hydrogen-bond donors (Lipinski definition) is 1. The topological polar surface area (TPSA) is 120 Å². The Balaban J connectivity index is 1.64. The first kappa shape index (κ1) is 25.3. The maximum Gasteiger partial charge on any atom is 0.297 e. The molecule has 4 atom stereocenters. The maximum absolute atomic E-state index is 13.3. The summed E-state index contributed by atoms with van der Waals surface area (Å²) < 4.78 is 43.8. The Morgan fingerprint density at radius 3 is 2.46 bits per heavy atom. The first-order valence-corrected chi connectivity index (χ1v) is 13.6. The predicted molar refractivity (Wildman–Crippen MR) is 137 cm³/mol. The molecule has 10 heteroatoms. The largest absolute Gasteiger partial charge is 0.493 e. The molecule has 1 fully saturated rings. The number of aliphatic imine (C=N–C) groups is 1. The maximum atomic E-state index is 13.3. The molecule has 2 aliphatic rings. The van der Waals surface area contributed by atoms with Gasteiger partial charge in [-0.05, 0) is 56.5 Å². The molecule has 1 aliphatic carbocycles. The second-order valence-corrected chi connectivity index (χ2v) is 10.8. The summed E-state index contributed by atoms with van der Waals surface area (Å²) in [6.07, 6.45) is 3.70. The third-order valence-electron chi connectivity index (χ3n) is 6.83. The van der Waals surface area contributed by atoms with E-state index >= 15 is 0 Å². The summed E-state index contributed by atoms with van der Waals surface area (Å²) in [7, 11) is -2.59. The van der Waals surface area contributed by atoms with Crippen LogP contribution in [0.2, 0.25) is 0 Å². The fraction of sp³-hybridized carbons (Fsp3) is 0.370. The van der Waals surface area contributed by atoms with Gasteiger partial charge in [-0.3, -0.25) is 9.18 Å². The quantitative estimate of drug-likeness (QED) is 0.468. The van der Waals surface area contributed by atoms with Gasteiger partial charge in [0, 0.05) is 29.4 Å². The van der Waals surface area contributed by atoms with Gasteiger partial charge in [-0.2, -0.15) is 8.42 Å². The Morgan fingerprint density at radius 2 is 1.78 bits per heavy atom. The number of ether oxygens (including phenoxy) is 2. The van der Waals surface area contributed by atoms with Gasteiger partial charge in [0.25, 0.3) is 10.1 Å². The van der Waals surface area contributed by atoms with Crippen LogP contribution < -0.4 is 9.47 Å². The Hall–Kier alpha value is -3.34. The molecular weight excluding hydrogens is 494 g/mol. The fourth-order valence-corrected chi connectivity index (χ4v) is 6.20. The number of nitrogens with zero attached hydrogens (tertiary/aromatic N) is 3. The summed E-state index contributed by atoms with van der Waals surface area (Å²) in [5.74, 6) is 0.510. The van der Waals surface area contributed by atoms with Crippen molar-refractivity contribution in [3.05, 3.63) is 77.4 Å². The van der Waals surface area contributed by atoms with E-state index in [1.807, 2.05) is 26.0 Å². The van der Waals surface area contributed by atoms with Crippen LogP contribution in [0.4, 0.5) is 0 Å². The van der Waals surface area contributed by atoms with Crippen molar-refractivity contribution >= 4 is 15.8 Å². The number of fused-ring (bicyclic) bond motifs is 3. The highest BCUT2D eigenvalue weighted by Gasteiger charge is 2.47. The Kier molecular flexibility index (Phi) is 6.98. The molecule has 1 N–H and O–H groups in total. The number of aliphatic hydroxyl groups excluding tert-OH is 1. The zero-order valence-electron chi connectivity index (χ0n) is 20.9. The van der Waals surface area contributed by atoms with E-state index in [4.69, 9.17) is 18.6 Å². The Morgan fingerprint density at radius 1 is 1.05 bits per heavy atom. The predicted octanol–water partition coefficient (Wildman–Crippen LogP) is 3.42. The van der Waals surface area contributed by atoms with E-state index in [0.29, 0.717) is 36.7 Å². The fourth-order valence-electron chi connectivity index (χ4n) is 5.07. The Labute approximate surface area is 216 Å². The third-order valence-corrected chi connectivity index (χ3v) is 8.16. The van der Waals surface area contributed by atoms with Crippen molar-refractivity contribution in [2.75, 3.05) is 13.7 Å². The van der Waals surface area contributed by atoms with Crippen molar-refractivity contribution in [3.63, 3.8) is 0 Å². The number of aliphatic hydroxyl groups is 1. The molecule has 1 saturated carbocycles. The van der Waals surface area contributed by atoms with Crippen molar-refractivity contribution in [2.24, 2.45) is 4.99 Å². The van der Waals surface area contributed by atoms with E-state index in [-0.39, 0.29) is 10.9 Å². The number of aromatic nitrogens is 2. The number of methoxy groups -OCH3 is 1. The molecule has 3 aromatic rings. The summed E-state index contributed by atoms with van der Waals surface area (Å²) >= 11 is 0. The average molecular weight is 524 g/mol. The van der Waals surface area contributed by atoms with Crippen LogP contribution in [0.3, 0.4) is 0 Å². The molecule has 0 bridgehead atoms. The van der Waals surface area contributed by atoms with Crippen LogP contribution in [0.1, 0.15) is 47.9 Å². The normalized spacial score (nSPS) is 23.0. The van der Waals surface area contributed by atoms with Gasteiger partial charge in [-0.1, -0.05) is 17.7 Å². The smallest absolute Gasteiger partial charge is 0.297 e. The minimum absolute atomic E-state index is 0.0406. The third kappa shape index (κ3) is 4.84. The lowest BCUT2D eigenvalue weighted by Gasteiger charge is -2.42. The van der Waals surface area contributed by atoms with Crippen molar-refractivity contribution in [2.45, 2.75) is 55.8 Å². The van der Waals surface area contributed by atoms with Gasteiger partial charge in [0.2, 0.25) is 0 Å². The lowest BCUT2D eigenvalue weighted by Crippen LogP contribution is -2.47. The minimum Gasteiger partial charge on any atom is -0.493 e. The molecule has 194 valence electrons. The monoisotopic (exact) mass is 523 g/mol. The van der Waals surface area contributed by atoms with Gasteiger partial charge >= 0.3 is 0 Å². The molecule has 9 nitrogen and oxygen atoms in total. The van der Waals surface area contributed by atoms with Gasteiger partial charge in [-0.25, -0.2) is 9.97 Å². The molecule has 0 saturated heterocycles. The first-order valence-electron chi connectivity index (χ1n) is 12.2. The SMILES string of the molecule is CCOc1cc2c(cc1OC)C(c1cncnc1)=N[C@@H]1CC[C@@H](O)C(OS(=O)(=O)c3ccc(C)cc3)[C@H]21. The van der Waals surface area contributed by atoms with Gasteiger partial charge in [-0.15, -0.1) is 0 Å². The summed E-state index contributed by atoms with van der Waals surface area (Å²) in [4.78, 5) is 13.4. The first-order chi connectivity index (χ1) is 17.8. The number of rotatable bonds is 7. The molecule has 0 radical (unpaired) electrons. The van der Waals surface area contributed by atoms with Crippen molar-refractivity contribution in [1.82, 2.24) is 9.97 Å². The van der Waals surface area contributed by atoms with Crippen LogP contribution in [-0.2, 0) is 14.3 Å². The van der Waals surface area contributed by atoms with Crippen molar-refractivity contribution in [3.8, 4) is 11.5 Å². The molecule has 0 amide bonds. The summed E-state index contributed by atoms with van der Waals surface area (Å²) in [5.41, 5.74) is 3.83. The molecule has 1 aliphatic heterocycles. The Bertz CT molecular complexity index is 1410. The van der Waals surface area contributed by atoms with E-state index in [1.54, 1.807) is 31.6 Å². The highest BCUT2D eigenvalue weighted by molar-refractivity contribution is 7.86. The molecule has 5 rings (SSSR count). The molecular formula is C27H29N3O6S. The van der Waals surface area contributed by atoms with Gasteiger partial charge in [0.05, 0.1) is 36.5 Å². The van der Waals surface area contributed by atoms with Gasteiger partial charge < -0.3 is 14.6 Å². The average Bonchev–Trinajstić information content (AvgIpc) is 2.90. The number of benzene rings is 2. The van der Waals surface area contributed by atoms with E-state index in [1.165, 1.54) is 18.5 Å². The summed E-state index contributed by atoms with van der Waals surface area (Å²) in [6.45, 7) is 4.17. The van der Waals surface area contributed by atoms with Crippen LogP contribution >= 0.6 is 0 Å². The van der Waals surface area contributed by atoms with E-state index in [2.05, 4.69) is 9.97 Å². The molecule has 37 heavy (non-hydrogen) atoms. The number of hydrogen-bond acceptors (Lipinski definition) is 9. The number of aryl methyl sites for hydroxylation is 1. The van der Waals surface area contributed by atoms with E-state index in [0.717, 1.165) is 22.3 Å². The van der Waals surface area contributed by atoms with Crippen LogP contribution in [0.25, 0.3) is 0 Å². The van der Waals surface area contributed by atoms with Crippen molar-refractivity contribution < 1.29 is 27.2 Å². The molecule has 1 unspecified atom stereocenters. The highest BCUT2D eigenvalue weighted by atomic mass is 32.2. The lowest BCUT2D eigenvalue weighted by molar-refractivity contribution is -0.0102. The van der Waals surface area contributed by atoms with E-state index < -0.39 is 28.2 Å². The van der Waals surface area contributed by atoms with Crippen LogP contribution in [-0.4, -0.2) is 61.2 Å². The van der Waals surface area contributed by atoms with Crippen LogP contribution in [0.15, 0.2) is 65.0 Å². The van der Waals surface area contributed by atoms with Crippen molar-refractivity contribution in [1.29, 1.82) is 0 Å². The molecule has 1 aromatic heterocycles. The summed E-state index contributed by atoms with van der Waals surface area (Å²) in [6, 6.07) is 9.80. The van der Waals surface area contributed by atoms with E-state index in [9.17, 15) is 13.5 Å². The zero-order valence-corrected chi connectivity index (χ0v) is 21.7. The second-order valence-electron chi connectivity index (χ2n) is 9.19. The molecule has 2 aromatic carbocycles.